The maximum absolute atomic E-state index is 4.75. The monoisotopic (exact) mass is 478 g/mol. The minimum atomic E-state index is 0.458. The molecular weight excluding hydrogens is 464 g/mol. The fourth-order valence-corrected chi connectivity index (χ4v) is 4.67. The highest BCUT2D eigenvalue weighted by atomic mass is 32.1. The molecule has 0 spiro atoms. The Hall–Kier alpha value is -4.28. The molecule has 0 N–H and O–H groups in total. The zero-order chi connectivity index (χ0) is 22.7. The molecule has 0 aliphatic rings. The van der Waals surface area contributed by atoms with E-state index < -0.39 is 0 Å². The number of pyridine rings is 2. The van der Waals surface area contributed by atoms with E-state index in [1.54, 1.807) is 35.1 Å². The van der Waals surface area contributed by atoms with Crippen molar-refractivity contribution in [3.05, 3.63) is 83.8 Å². The van der Waals surface area contributed by atoms with Crippen LogP contribution in [0.15, 0.2) is 83.8 Å². The molecule has 6 heterocycles. The third kappa shape index (κ3) is 4.07. The Labute approximate surface area is 202 Å². The molecule has 6 rings (SSSR count). The van der Waals surface area contributed by atoms with Crippen LogP contribution in [0.4, 0.5) is 0 Å². The molecule has 0 amide bonds. The van der Waals surface area contributed by atoms with E-state index in [0.29, 0.717) is 34.4 Å². The van der Waals surface area contributed by atoms with Crippen LogP contribution in [0, 0.1) is 0 Å². The van der Waals surface area contributed by atoms with Crippen LogP contribution in [0.25, 0.3) is 55.6 Å². The van der Waals surface area contributed by atoms with Gasteiger partial charge in [0.1, 0.15) is 22.8 Å². The van der Waals surface area contributed by atoms with Gasteiger partial charge >= 0.3 is 0 Å². The normalized spacial score (nSPS) is 10.9. The fraction of sp³-hybridized carbons (Fsp3) is 0. The zero-order valence-corrected chi connectivity index (χ0v) is 19.1. The molecule has 0 fully saturated rings. The minimum absolute atomic E-state index is 0.458. The Morgan fingerprint density at radius 1 is 0.441 bits per heavy atom. The van der Waals surface area contributed by atoms with E-state index in [4.69, 9.17) is 9.97 Å². The second-order valence-electron chi connectivity index (χ2n) is 7.10. The molecule has 0 aliphatic heterocycles. The van der Waals surface area contributed by atoms with E-state index in [2.05, 4.69) is 30.4 Å². The third-order valence-corrected chi connectivity index (χ3v) is 6.67. The molecular formula is C24H14N8S2. The van der Waals surface area contributed by atoms with Gasteiger partial charge in [-0.25, -0.2) is 19.9 Å². The van der Waals surface area contributed by atoms with Gasteiger partial charge < -0.3 is 0 Å². The summed E-state index contributed by atoms with van der Waals surface area (Å²) in [6, 6.07) is 19.3. The Balaban J connectivity index is 1.35. The van der Waals surface area contributed by atoms with Crippen molar-refractivity contribution in [2.24, 2.45) is 0 Å². The van der Waals surface area contributed by atoms with Crippen molar-refractivity contribution in [2.75, 3.05) is 0 Å². The summed E-state index contributed by atoms with van der Waals surface area (Å²) in [4.78, 5) is 20.8. The topological polar surface area (TPSA) is 103 Å². The second kappa shape index (κ2) is 8.93. The lowest BCUT2D eigenvalue weighted by Crippen LogP contribution is -1.99. The maximum Gasteiger partial charge on any atom is 0.201 e. The Morgan fingerprint density at radius 2 is 0.912 bits per heavy atom. The van der Waals surface area contributed by atoms with Crippen molar-refractivity contribution in [1.82, 2.24) is 40.3 Å². The summed E-state index contributed by atoms with van der Waals surface area (Å²) in [5, 5.41) is 20.6. The van der Waals surface area contributed by atoms with Gasteiger partial charge in [0.25, 0.3) is 0 Å². The van der Waals surface area contributed by atoms with Gasteiger partial charge in [-0.05, 0) is 47.2 Å². The van der Waals surface area contributed by atoms with Crippen LogP contribution in [0.2, 0.25) is 0 Å². The number of aromatic nitrogens is 8. The number of rotatable bonds is 5. The highest BCUT2D eigenvalue weighted by Crippen LogP contribution is 2.26. The molecule has 6 aromatic rings. The highest BCUT2D eigenvalue weighted by Gasteiger charge is 2.12. The van der Waals surface area contributed by atoms with Gasteiger partial charge in [-0.15, -0.1) is 32.9 Å². The molecule has 8 nitrogen and oxygen atoms in total. The van der Waals surface area contributed by atoms with E-state index in [1.165, 1.54) is 0 Å². The number of hydrogen-bond acceptors (Lipinski definition) is 10. The summed E-state index contributed by atoms with van der Waals surface area (Å²) < 4.78 is 0. The summed E-state index contributed by atoms with van der Waals surface area (Å²) in [5.41, 5.74) is 4.14. The molecule has 0 saturated carbocycles. The minimum Gasteiger partial charge on any atom is -0.243 e. The van der Waals surface area contributed by atoms with E-state index in [0.717, 1.165) is 21.1 Å². The van der Waals surface area contributed by atoms with E-state index >= 15 is 0 Å². The Morgan fingerprint density at radius 3 is 1.35 bits per heavy atom. The van der Waals surface area contributed by atoms with Gasteiger partial charge in [0.15, 0.2) is 0 Å². The molecule has 6 aromatic heterocycles. The largest absolute Gasteiger partial charge is 0.243 e. The lowest BCUT2D eigenvalue weighted by atomic mass is 10.2. The van der Waals surface area contributed by atoms with Gasteiger partial charge in [0.2, 0.25) is 11.6 Å². The van der Waals surface area contributed by atoms with Crippen molar-refractivity contribution < 1.29 is 0 Å². The standard InChI is InChI=1S/C24H14N8S2/c1-5-15(27-17(7-1)23-29-19(13-25-31-23)21-9-3-11-33-21)16-6-2-8-18(28-16)24-30-20(14-26-32-24)22-10-4-12-34-22/h1-14H. The van der Waals surface area contributed by atoms with Crippen molar-refractivity contribution in [3.63, 3.8) is 0 Å². The molecule has 162 valence electrons. The predicted molar refractivity (Wildman–Crippen MR) is 132 cm³/mol. The van der Waals surface area contributed by atoms with E-state index in [-0.39, 0.29) is 0 Å². The predicted octanol–water partition coefficient (Wildman–Crippen LogP) is 5.30. The summed E-state index contributed by atoms with van der Waals surface area (Å²) in [7, 11) is 0. The Kier molecular flexibility index (Phi) is 5.34. The van der Waals surface area contributed by atoms with Crippen LogP contribution in [0.5, 0.6) is 0 Å². The van der Waals surface area contributed by atoms with Crippen molar-refractivity contribution in [3.8, 4) is 55.6 Å². The third-order valence-electron chi connectivity index (χ3n) is 4.88. The smallest absolute Gasteiger partial charge is 0.201 e. The molecule has 0 radical (unpaired) electrons. The first kappa shape index (κ1) is 20.3. The summed E-state index contributed by atoms with van der Waals surface area (Å²) in [6.07, 6.45) is 3.31. The summed E-state index contributed by atoms with van der Waals surface area (Å²) in [6.45, 7) is 0. The average Bonchev–Trinajstić information content (AvgIpc) is 3.64. The van der Waals surface area contributed by atoms with Gasteiger partial charge in [-0.2, -0.15) is 10.2 Å². The van der Waals surface area contributed by atoms with Gasteiger partial charge in [0.05, 0.1) is 33.5 Å². The molecule has 0 saturated heterocycles. The number of nitrogens with zero attached hydrogens (tertiary/aromatic N) is 8. The van der Waals surface area contributed by atoms with Crippen LogP contribution in [-0.2, 0) is 0 Å². The molecule has 0 aliphatic carbocycles. The van der Waals surface area contributed by atoms with Crippen LogP contribution in [0.1, 0.15) is 0 Å². The molecule has 0 bridgehead atoms. The van der Waals surface area contributed by atoms with Crippen LogP contribution >= 0.6 is 22.7 Å². The fourth-order valence-electron chi connectivity index (χ4n) is 3.31. The van der Waals surface area contributed by atoms with Crippen molar-refractivity contribution in [1.29, 1.82) is 0 Å². The maximum atomic E-state index is 4.75. The van der Waals surface area contributed by atoms with Crippen LogP contribution in [0.3, 0.4) is 0 Å². The quantitative estimate of drug-likeness (QED) is 0.329. The number of thiophene rings is 2. The molecule has 0 unspecified atom stereocenters. The zero-order valence-electron chi connectivity index (χ0n) is 17.5. The van der Waals surface area contributed by atoms with Crippen molar-refractivity contribution in [2.45, 2.75) is 0 Å². The van der Waals surface area contributed by atoms with E-state index in [1.807, 2.05) is 71.4 Å². The SMILES string of the molecule is c1cc(-c2cccc(-c3nncc(-c4cccs4)n3)n2)nc(-c2nncc(-c3cccs3)n2)c1. The molecule has 0 aromatic carbocycles. The molecule has 34 heavy (non-hydrogen) atoms. The van der Waals surface area contributed by atoms with Crippen LogP contribution < -0.4 is 0 Å². The van der Waals surface area contributed by atoms with Gasteiger partial charge in [-0.1, -0.05) is 24.3 Å². The first-order valence-electron chi connectivity index (χ1n) is 10.3. The van der Waals surface area contributed by atoms with Crippen LogP contribution in [-0.4, -0.2) is 40.3 Å². The summed E-state index contributed by atoms with van der Waals surface area (Å²) in [5.74, 6) is 0.917. The summed E-state index contributed by atoms with van der Waals surface area (Å²) >= 11 is 3.20. The van der Waals surface area contributed by atoms with Gasteiger partial charge in [-0.3, -0.25) is 0 Å². The molecule has 10 heteroatoms. The lowest BCUT2D eigenvalue weighted by molar-refractivity contribution is 0.973. The Bertz CT molecular complexity index is 1450. The van der Waals surface area contributed by atoms with Gasteiger partial charge in [0, 0.05) is 0 Å². The van der Waals surface area contributed by atoms with Crippen molar-refractivity contribution >= 4 is 22.7 Å². The molecule has 0 atom stereocenters. The average molecular weight is 479 g/mol. The first-order valence-corrected chi connectivity index (χ1v) is 12.0. The highest BCUT2D eigenvalue weighted by molar-refractivity contribution is 7.13. The first-order chi connectivity index (χ1) is 16.8. The number of hydrogen-bond donors (Lipinski definition) is 0. The van der Waals surface area contributed by atoms with E-state index in [9.17, 15) is 0 Å². The lowest BCUT2D eigenvalue weighted by Gasteiger charge is -2.06. The second-order valence-corrected chi connectivity index (χ2v) is 9.00.